The van der Waals surface area contributed by atoms with Crippen molar-refractivity contribution in [3.8, 4) is 0 Å². The van der Waals surface area contributed by atoms with Crippen LogP contribution in [0.15, 0.2) is 42.0 Å². The first-order valence-electron chi connectivity index (χ1n) is 20.2. The highest BCUT2D eigenvalue weighted by atomic mass is 16.8. The summed E-state index contributed by atoms with van der Waals surface area (Å²) < 4.78 is 30.6. The van der Waals surface area contributed by atoms with E-state index in [9.17, 15) is 39.9 Å². The van der Waals surface area contributed by atoms with Gasteiger partial charge in [0.1, 0.15) is 48.8 Å². The molecule has 0 spiro atoms. The zero-order chi connectivity index (χ0) is 40.2. The number of ether oxygens (including phenoxy) is 5. The number of likely N-dealkylation sites (tertiary alicyclic amines) is 1. The number of nitrogens with one attached hydrogen (secondary N) is 1. The predicted molar refractivity (Wildman–Crippen MR) is 203 cm³/mol. The number of carbonyl (C=O) groups is 3. The molecule has 0 bridgehead atoms. The Morgan fingerprint density at radius 3 is 2.45 bits per heavy atom. The molecule has 6 N–H and O–H groups in total. The van der Waals surface area contributed by atoms with Crippen LogP contribution in [0.4, 0.5) is 0 Å². The van der Waals surface area contributed by atoms with Gasteiger partial charge in [-0.2, -0.15) is 0 Å². The van der Waals surface area contributed by atoms with E-state index in [0.29, 0.717) is 43.4 Å². The molecule has 2 amide bonds. The molecule has 15 nitrogen and oxygen atoms in total. The van der Waals surface area contributed by atoms with Gasteiger partial charge in [-0.15, -0.1) is 0 Å². The number of fused-ring (bicyclic) bond motifs is 1. The third-order valence-corrected chi connectivity index (χ3v) is 10.9. The molecule has 3 heterocycles. The molecule has 1 aliphatic carbocycles. The zero-order valence-electron chi connectivity index (χ0n) is 32.5. The number of rotatable bonds is 19. The van der Waals surface area contributed by atoms with Crippen LogP contribution < -0.4 is 5.32 Å². The first kappa shape index (κ1) is 43.9. The summed E-state index contributed by atoms with van der Waals surface area (Å²) in [6.45, 7) is 3.93. The van der Waals surface area contributed by atoms with Gasteiger partial charge >= 0.3 is 5.97 Å². The van der Waals surface area contributed by atoms with Gasteiger partial charge in [-0.1, -0.05) is 63.8 Å². The largest absolute Gasteiger partial charge is 0.456 e. The van der Waals surface area contributed by atoms with Crippen molar-refractivity contribution in [3.05, 3.63) is 53.1 Å². The zero-order valence-corrected chi connectivity index (χ0v) is 32.5. The number of hydrogen-bond donors (Lipinski definition) is 6. The van der Waals surface area contributed by atoms with Crippen LogP contribution >= 0.6 is 0 Å². The fourth-order valence-electron chi connectivity index (χ4n) is 7.87. The third kappa shape index (κ3) is 10.8. The molecule has 1 aromatic rings. The molecule has 5 rings (SSSR count). The minimum atomic E-state index is -1.55. The summed E-state index contributed by atoms with van der Waals surface area (Å²) in [5.74, 6) is -2.14. The van der Waals surface area contributed by atoms with Crippen molar-refractivity contribution < 1.29 is 63.6 Å². The smallest absolute Gasteiger partial charge is 0.338 e. The second kappa shape index (κ2) is 21.0. The molecule has 312 valence electrons. The highest BCUT2D eigenvalue weighted by Crippen LogP contribution is 2.43. The average molecular weight is 789 g/mol. The molecule has 3 aliphatic heterocycles. The van der Waals surface area contributed by atoms with E-state index in [-0.39, 0.29) is 43.6 Å². The summed E-state index contributed by atoms with van der Waals surface area (Å²) in [7, 11) is 0. The second-order valence-corrected chi connectivity index (χ2v) is 15.1. The van der Waals surface area contributed by atoms with E-state index in [1.54, 1.807) is 47.4 Å². The molecule has 9 atom stereocenters. The Kier molecular flexibility index (Phi) is 16.4. The number of nitrogens with zero attached hydrogens (tertiary/aromatic N) is 1. The van der Waals surface area contributed by atoms with E-state index >= 15 is 0 Å². The fraction of sp³-hybridized carbons (Fsp3) is 0.683. The fourth-order valence-corrected chi connectivity index (χ4v) is 7.87. The number of hydrogen-bond acceptors (Lipinski definition) is 13. The van der Waals surface area contributed by atoms with Crippen LogP contribution in [0.25, 0.3) is 6.08 Å². The van der Waals surface area contributed by atoms with Crippen LogP contribution in [-0.2, 0) is 33.3 Å². The molecule has 0 aromatic heterocycles. The Bertz CT molecular complexity index is 1510. The van der Waals surface area contributed by atoms with Crippen LogP contribution in [0.1, 0.15) is 100 Å². The summed E-state index contributed by atoms with van der Waals surface area (Å²) in [4.78, 5) is 42.4. The Hall–Kier alpha value is -3.25. The summed E-state index contributed by atoms with van der Waals surface area (Å²) >= 11 is 0. The quantitative estimate of drug-likeness (QED) is 0.0877. The molecule has 15 heteroatoms. The molecule has 3 fully saturated rings. The first-order valence-corrected chi connectivity index (χ1v) is 20.2. The van der Waals surface area contributed by atoms with Gasteiger partial charge in [-0.25, -0.2) is 4.79 Å². The Balaban J connectivity index is 1.31. The minimum absolute atomic E-state index is 0.0534. The number of benzene rings is 1. The number of aliphatic hydroxyl groups is 5. The maximum atomic E-state index is 14.1. The second-order valence-electron chi connectivity index (χ2n) is 15.1. The molecule has 4 aliphatic rings. The standard InChI is InChI=1S/C41H60N2O13/c1-3-5-7-16-41(17-8-6-4-2)55-31-24-28(38(50)43-19-10-15-29(43)37(49)42-18-20-44)23-30(36(31)56-41)53-39(51)27-14-9-12-26(22-27)13-11-21-52-40-35(48)34(47)33(46)32(25-45)54-40/h9,11-14,22,24,29-36,40,44-48H,3-8,10,15-21,23,25H2,1-2H3,(H,42,49). The number of unbranched alkanes of at least 4 members (excludes halogenated alkanes) is 4. The van der Waals surface area contributed by atoms with Crippen molar-refractivity contribution in [3.63, 3.8) is 0 Å². The van der Waals surface area contributed by atoms with Crippen LogP contribution in [-0.4, -0.2) is 142 Å². The van der Waals surface area contributed by atoms with Gasteiger partial charge in [-0.3, -0.25) is 9.59 Å². The third-order valence-electron chi connectivity index (χ3n) is 10.9. The van der Waals surface area contributed by atoms with Crippen LogP contribution in [0.3, 0.4) is 0 Å². The van der Waals surface area contributed by atoms with E-state index in [1.165, 1.54) is 0 Å². The summed E-state index contributed by atoms with van der Waals surface area (Å²) in [6.07, 6.45) is 4.45. The van der Waals surface area contributed by atoms with Gasteiger partial charge in [0.15, 0.2) is 12.1 Å². The monoisotopic (exact) mass is 788 g/mol. The van der Waals surface area contributed by atoms with Gasteiger partial charge < -0.3 is 59.4 Å². The molecule has 56 heavy (non-hydrogen) atoms. The van der Waals surface area contributed by atoms with Gasteiger partial charge in [0.2, 0.25) is 11.8 Å². The number of aliphatic hydroxyl groups excluding tert-OH is 5. The molecule has 3 saturated heterocycles. The van der Waals surface area contributed by atoms with Crippen LogP contribution in [0.2, 0.25) is 0 Å². The van der Waals surface area contributed by atoms with Crippen molar-refractivity contribution in [2.24, 2.45) is 0 Å². The Morgan fingerprint density at radius 1 is 1.00 bits per heavy atom. The molecule has 1 aromatic carbocycles. The van der Waals surface area contributed by atoms with Crippen LogP contribution in [0, 0.1) is 0 Å². The van der Waals surface area contributed by atoms with E-state index < -0.39 is 73.4 Å². The lowest BCUT2D eigenvalue weighted by Crippen LogP contribution is -2.59. The van der Waals surface area contributed by atoms with Crippen molar-refractivity contribution in [2.45, 2.75) is 145 Å². The molecule has 0 radical (unpaired) electrons. The molecule has 0 saturated carbocycles. The highest BCUT2D eigenvalue weighted by Gasteiger charge is 2.53. The van der Waals surface area contributed by atoms with Crippen molar-refractivity contribution in [1.82, 2.24) is 10.2 Å². The number of carbonyl (C=O) groups excluding carboxylic acids is 3. The Morgan fingerprint density at radius 2 is 1.75 bits per heavy atom. The van der Waals surface area contributed by atoms with E-state index in [4.69, 9.17) is 23.7 Å². The van der Waals surface area contributed by atoms with E-state index in [0.717, 1.165) is 38.5 Å². The molecule has 9 unspecified atom stereocenters. The summed E-state index contributed by atoms with van der Waals surface area (Å²) in [5, 5.41) is 51.6. The maximum Gasteiger partial charge on any atom is 0.338 e. The lowest BCUT2D eigenvalue weighted by atomic mass is 9.91. The maximum absolute atomic E-state index is 14.1. The van der Waals surface area contributed by atoms with Crippen LogP contribution in [0.5, 0.6) is 0 Å². The van der Waals surface area contributed by atoms with Crippen molar-refractivity contribution in [2.75, 3.05) is 32.9 Å². The Labute approximate surface area is 328 Å². The summed E-state index contributed by atoms with van der Waals surface area (Å²) in [5.41, 5.74) is 1.29. The van der Waals surface area contributed by atoms with Gasteiger partial charge in [0.05, 0.1) is 25.4 Å². The van der Waals surface area contributed by atoms with Crippen molar-refractivity contribution >= 4 is 23.9 Å². The van der Waals surface area contributed by atoms with Gasteiger partial charge in [0.25, 0.3) is 0 Å². The van der Waals surface area contributed by atoms with Gasteiger partial charge in [0, 0.05) is 37.9 Å². The van der Waals surface area contributed by atoms with E-state index in [1.807, 2.05) is 0 Å². The predicted octanol–water partition coefficient (Wildman–Crippen LogP) is 2.11. The lowest BCUT2D eigenvalue weighted by molar-refractivity contribution is -0.298. The highest BCUT2D eigenvalue weighted by molar-refractivity contribution is 5.98. The topological polar surface area (TPSA) is 214 Å². The number of esters is 1. The normalized spacial score (nSPS) is 29.9. The molecular formula is C41H60N2O13. The minimum Gasteiger partial charge on any atom is -0.456 e. The van der Waals surface area contributed by atoms with E-state index in [2.05, 4.69) is 19.2 Å². The lowest BCUT2D eigenvalue weighted by Gasteiger charge is -2.39. The molecular weight excluding hydrogens is 728 g/mol. The first-order chi connectivity index (χ1) is 27.0. The summed E-state index contributed by atoms with van der Waals surface area (Å²) in [6, 6.07) is 6.06. The van der Waals surface area contributed by atoms with Crippen molar-refractivity contribution in [1.29, 1.82) is 0 Å². The SMILES string of the molecule is CCCCCC1(CCCCC)OC2C=C(C(=O)N3CCCC3C(=O)NCCO)CC(OC(=O)c3cccc(C=CCOC4OC(CO)C(O)C(O)C4O)c3)C2O1. The number of amides is 2. The average Bonchev–Trinajstić information content (AvgIpc) is 3.84. The van der Waals surface area contributed by atoms with Gasteiger partial charge in [-0.05, 0) is 49.5 Å².